The van der Waals surface area contributed by atoms with Crippen molar-refractivity contribution in [3.63, 3.8) is 0 Å². The number of fused-ring (bicyclic) bond motifs is 1. The monoisotopic (exact) mass is 244 g/mol. The third-order valence-corrected chi connectivity index (χ3v) is 3.88. The average Bonchev–Trinajstić information content (AvgIpc) is 2.83. The lowest BCUT2D eigenvalue weighted by Crippen LogP contribution is -2.30. The molecule has 0 amide bonds. The van der Waals surface area contributed by atoms with Gasteiger partial charge in [0.25, 0.3) is 0 Å². The van der Waals surface area contributed by atoms with Gasteiger partial charge in [-0.15, -0.1) is 0 Å². The van der Waals surface area contributed by atoms with Crippen LogP contribution in [0.3, 0.4) is 0 Å². The first-order valence-electron chi connectivity index (χ1n) is 6.72. The van der Waals surface area contributed by atoms with Crippen LogP contribution in [0.4, 0.5) is 0 Å². The Morgan fingerprint density at radius 1 is 1.39 bits per heavy atom. The molecule has 0 spiro atoms. The fraction of sp³-hybridized carbons (Fsp3) is 0.467. The van der Waals surface area contributed by atoms with E-state index in [0.29, 0.717) is 0 Å². The molecule has 3 nitrogen and oxygen atoms in total. The van der Waals surface area contributed by atoms with Gasteiger partial charge in [-0.1, -0.05) is 6.07 Å². The number of nitrogens with one attached hydrogen (secondary N) is 2. The largest absolute Gasteiger partial charge is 0.496 e. The lowest BCUT2D eigenvalue weighted by atomic mass is 9.92. The molecule has 1 aromatic heterocycles. The van der Waals surface area contributed by atoms with Gasteiger partial charge < -0.3 is 15.0 Å². The van der Waals surface area contributed by atoms with Crippen molar-refractivity contribution in [1.82, 2.24) is 10.3 Å². The molecule has 3 heteroatoms. The summed E-state index contributed by atoms with van der Waals surface area (Å²) in [6, 6.07) is 6.18. The smallest absolute Gasteiger partial charge is 0.128 e. The molecule has 2 heterocycles. The quantitative estimate of drug-likeness (QED) is 0.871. The fourth-order valence-corrected chi connectivity index (χ4v) is 2.96. The highest BCUT2D eigenvalue weighted by Gasteiger charge is 2.17. The molecule has 2 aromatic rings. The van der Waals surface area contributed by atoms with E-state index in [1.165, 1.54) is 35.9 Å². The van der Waals surface area contributed by atoms with Gasteiger partial charge in [0.15, 0.2) is 0 Å². The summed E-state index contributed by atoms with van der Waals surface area (Å²) in [5.74, 6) is 1.73. The van der Waals surface area contributed by atoms with Crippen LogP contribution in [0.5, 0.6) is 5.75 Å². The van der Waals surface area contributed by atoms with Gasteiger partial charge in [-0.3, -0.25) is 0 Å². The lowest BCUT2D eigenvalue weighted by molar-refractivity contribution is 0.376. The molecule has 0 aliphatic carbocycles. The van der Waals surface area contributed by atoms with Gasteiger partial charge in [-0.2, -0.15) is 0 Å². The standard InChI is InChI=1S/C15H20N2O/c1-18-14-6-2-5-13-15(14)12(10-17-13)8-11-4-3-7-16-9-11/h2,5-6,10-11,16-17H,3-4,7-9H2,1H3. The van der Waals surface area contributed by atoms with Gasteiger partial charge in [-0.25, -0.2) is 0 Å². The second-order valence-corrected chi connectivity index (χ2v) is 5.11. The van der Waals surface area contributed by atoms with E-state index in [9.17, 15) is 0 Å². The molecule has 1 aliphatic rings. The Labute approximate surface area is 108 Å². The second kappa shape index (κ2) is 5.02. The summed E-state index contributed by atoms with van der Waals surface area (Å²) in [4.78, 5) is 3.35. The Morgan fingerprint density at radius 2 is 2.33 bits per heavy atom. The van der Waals surface area contributed by atoms with Crippen molar-refractivity contribution < 1.29 is 4.74 Å². The third kappa shape index (κ3) is 2.10. The number of hydrogen-bond acceptors (Lipinski definition) is 2. The number of benzene rings is 1. The number of rotatable bonds is 3. The number of ether oxygens (including phenoxy) is 1. The molecule has 1 saturated heterocycles. The van der Waals surface area contributed by atoms with Crippen molar-refractivity contribution >= 4 is 10.9 Å². The molecule has 0 radical (unpaired) electrons. The molecule has 18 heavy (non-hydrogen) atoms. The van der Waals surface area contributed by atoms with Gasteiger partial charge in [-0.05, 0) is 56.0 Å². The first-order valence-corrected chi connectivity index (χ1v) is 6.72. The molecule has 1 atom stereocenters. The third-order valence-electron chi connectivity index (χ3n) is 3.88. The number of aromatic amines is 1. The minimum atomic E-state index is 0.752. The Balaban J connectivity index is 1.91. The Kier molecular flexibility index (Phi) is 3.24. The number of piperidine rings is 1. The zero-order valence-corrected chi connectivity index (χ0v) is 10.8. The van der Waals surface area contributed by atoms with Gasteiger partial charge in [0.05, 0.1) is 7.11 Å². The van der Waals surface area contributed by atoms with Crippen LogP contribution in [0.2, 0.25) is 0 Å². The first-order chi connectivity index (χ1) is 8.88. The number of hydrogen-bond donors (Lipinski definition) is 2. The van der Waals surface area contributed by atoms with E-state index in [2.05, 4.69) is 22.6 Å². The minimum absolute atomic E-state index is 0.752. The van der Waals surface area contributed by atoms with Crippen LogP contribution in [-0.2, 0) is 6.42 Å². The summed E-state index contributed by atoms with van der Waals surface area (Å²) in [7, 11) is 1.74. The zero-order valence-electron chi connectivity index (χ0n) is 10.8. The molecule has 96 valence electrons. The maximum atomic E-state index is 5.48. The van der Waals surface area contributed by atoms with Gasteiger partial charge in [0, 0.05) is 17.1 Å². The van der Waals surface area contributed by atoms with Crippen molar-refractivity contribution in [3.8, 4) is 5.75 Å². The highest BCUT2D eigenvalue weighted by Crippen LogP contribution is 2.30. The predicted octanol–water partition coefficient (Wildman–Crippen LogP) is 2.72. The van der Waals surface area contributed by atoms with Gasteiger partial charge >= 0.3 is 0 Å². The van der Waals surface area contributed by atoms with Crippen molar-refractivity contribution in [2.75, 3.05) is 20.2 Å². The predicted molar refractivity (Wildman–Crippen MR) is 74.1 cm³/mol. The van der Waals surface area contributed by atoms with E-state index in [1.807, 2.05) is 12.1 Å². The molecule has 2 N–H and O–H groups in total. The normalized spacial score (nSPS) is 20.2. The molecular formula is C15H20N2O. The van der Waals surface area contributed by atoms with Crippen molar-refractivity contribution in [2.45, 2.75) is 19.3 Å². The number of methoxy groups -OCH3 is 1. The number of H-pyrrole nitrogens is 1. The first kappa shape index (κ1) is 11.6. The molecule has 1 aromatic carbocycles. The summed E-state index contributed by atoms with van der Waals surface area (Å²) in [6.07, 6.45) is 5.90. The SMILES string of the molecule is COc1cccc2[nH]cc(CC3CCCNC3)c12. The molecule has 1 fully saturated rings. The Bertz CT molecular complexity index is 526. The molecular weight excluding hydrogens is 224 g/mol. The summed E-state index contributed by atoms with van der Waals surface area (Å²) in [6.45, 7) is 2.32. The van der Waals surface area contributed by atoms with Crippen LogP contribution in [0, 0.1) is 5.92 Å². The molecule has 0 bridgehead atoms. The lowest BCUT2D eigenvalue weighted by Gasteiger charge is -2.22. The maximum Gasteiger partial charge on any atom is 0.128 e. The maximum absolute atomic E-state index is 5.48. The van der Waals surface area contributed by atoms with Crippen LogP contribution in [0.1, 0.15) is 18.4 Å². The Morgan fingerprint density at radius 3 is 3.11 bits per heavy atom. The average molecular weight is 244 g/mol. The van der Waals surface area contributed by atoms with Crippen LogP contribution in [0.25, 0.3) is 10.9 Å². The summed E-state index contributed by atoms with van der Waals surface area (Å²) in [5.41, 5.74) is 2.56. The zero-order chi connectivity index (χ0) is 12.4. The highest BCUT2D eigenvalue weighted by atomic mass is 16.5. The highest BCUT2D eigenvalue weighted by molar-refractivity contribution is 5.89. The van der Waals surface area contributed by atoms with Crippen LogP contribution in [-0.4, -0.2) is 25.2 Å². The van der Waals surface area contributed by atoms with Crippen LogP contribution in [0.15, 0.2) is 24.4 Å². The fourth-order valence-electron chi connectivity index (χ4n) is 2.96. The van der Waals surface area contributed by atoms with Crippen LogP contribution >= 0.6 is 0 Å². The van der Waals surface area contributed by atoms with E-state index in [-0.39, 0.29) is 0 Å². The molecule has 1 aliphatic heterocycles. The van der Waals surface area contributed by atoms with Crippen molar-refractivity contribution in [1.29, 1.82) is 0 Å². The van der Waals surface area contributed by atoms with Crippen molar-refractivity contribution in [2.24, 2.45) is 5.92 Å². The molecule has 3 rings (SSSR count). The molecule has 1 unspecified atom stereocenters. The van der Waals surface area contributed by atoms with Crippen molar-refractivity contribution in [3.05, 3.63) is 30.0 Å². The second-order valence-electron chi connectivity index (χ2n) is 5.11. The minimum Gasteiger partial charge on any atom is -0.496 e. The number of aromatic nitrogens is 1. The van der Waals surface area contributed by atoms with E-state index < -0.39 is 0 Å². The summed E-state index contributed by atoms with van der Waals surface area (Å²) < 4.78 is 5.48. The summed E-state index contributed by atoms with van der Waals surface area (Å²) in [5, 5.41) is 4.74. The van der Waals surface area contributed by atoms with Gasteiger partial charge in [0.1, 0.15) is 5.75 Å². The Hall–Kier alpha value is -1.48. The van der Waals surface area contributed by atoms with E-state index in [1.54, 1.807) is 7.11 Å². The molecule has 0 saturated carbocycles. The van der Waals surface area contributed by atoms with E-state index >= 15 is 0 Å². The van der Waals surface area contributed by atoms with E-state index in [0.717, 1.165) is 24.6 Å². The topological polar surface area (TPSA) is 37.0 Å². The van der Waals surface area contributed by atoms with Gasteiger partial charge in [0.2, 0.25) is 0 Å². The van der Waals surface area contributed by atoms with E-state index in [4.69, 9.17) is 4.74 Å². The van der Waals surface area contributed by atoms with Crippen LogP contribution < -0.4 is 10.1 Å². The summed E-state index contributed by atoms with van der Waals surface area (Å²) >= 11 is 0.